The van der Waals surface area contributed by atoms with Crippen molar-refractivity contribution in [3.8, 4) is 5.75 Å². The number of carbonyl (C=O) groups is 1. The maximum Gasteiger partial charge on any atom is 0.255 e. The zero-order chi connectivity index (χ0) is 19.4. The summed E-state index contributed by atoms with van der Waals surface area (Å²) >= 11 is 0. The molecule has 0 unspecified atom stereocenters. The third-order valence-corrected chi connectivity index (χ3v) is 4.34. The third kappa shape index (κ3) is 4.00. The number of aromatic nitrogens is 1. The number of aromatic amines is 1. The fourth-order valence-electron chi connectivity index (χ4n) is 3.04. The van der Waals surface area contributed by atoms with Gasteiger partial charge in [-0.25, -0.2) is 4.39 Å². The molecule has 0 saturated heterocycles. The lowest BCUT2D eigenvalue weighted by Crippen LogP contribution is -2.31. The van der Waals surface area contributed by atoms with Gasteiger partial charge in [-0.15, -0.1) is 0 Å². The molecule has 27 heavy (non-hydrogen) atoms. The van der Waals surface area contributed by atoms with E-state index >= 15 is 0 Å². The Kier molecular flexibility index (Phi) is 5.54. The van der Waals surface area contributed by atoms with Crippen LogP contribution in [0.25, 0.3) is 10.9 Å². The molecule has 140 valence electrons. The van der Waals surface area contributed by atoms with Gasteiger partial charge in [0.25, 0.3) is 5.91 Å². The Bertz CT molecular complexity index is 1030. The summed E-state index contributed by atoms with van der Waals surface area (Å²) < 4.78 is 19.3. The summed E-state index contributed by atoms with van der Waals surface area (Å²) in [5.41, 5.74) is 1.08. The van der Waals surface area contributed by atoms with Crippen molar-refractivity contribution in [3.05, 3.63) is 75.8 Å². The van der Waals surface area contributed by atoms with E-state index in [0.29, 0.717) is 36.3 Å². The largest absolute Gasteiger partial charge is 0.494 e. The van der Waals surface area contributed by atoms with Crippen molar-refractivity contribution < 1.29 is 13.9 Å². The highest BCUT2D eigenvalue weighted by atomic mass is 19.1. The van der Waals surface area contributed by atoms with Gasteiger partial charge in [0.15, 0.2) is 0 Å². The van der Waals surface area contributed by atoms with Gasteiger partial charge < -0.3 is 14.6 Å². The lowest BCUT2D eigenvalue weighted by atomic mass is 10.1. The van der Waals surface area contributed by atoms with Crippen LogP contribution >= 0.6 is 0 Å². The Morgan fingerprint density at radius 3 is 2.67 bits per heavy atom. The number of ether oxygens (including phenoxy) is 1. The van der Waals surface area contributed by atoms with Crippen molar-refractivity contribution in [1.29, 1.82) is 0 Å². The van der Waals surface area contributed by atoms with Gasteiger partial charge >= 0.3 is 0 Å². The molecule has 3 aromatic rings. The minimum atomic E-state index is -0.465. The number of halogens is 1. The van der Waals surface area contributed by atoms with Crippen molar-refractivity contribution >= 4 is 16.8 Å². The Hall–Kier alpha value is -3.15. The number of rotatable bonds is 6. The van der Waals surface area contributed by atoms with Crippen molar-refractivity contribution in [2.45, 2.75) is 20.4 Å². The van der Waals surface area contributed by atoms with E-state index in [-0.39, 0.29) is 11.5 Å². The van der Waals surface area contributed by atoms with E-state index in [1.54, 1.807) is 4.90 Å². The highest BCUT2D eigenvalue weighted by Crippen LogP contribution is 2.23. The fourth-order valence-corrected chi connectivity index (χ4v) is 3.04. The first kappa shape index (κ1) is 18.6. The highest BCUT2D eigenvalue weighted by molar-refractivity contribution is 6.05. The molecule has 3 rings (SSSR count). The molecule has 0 fully saturated rings. The van der Waals surface area contributed by atoms with Gasteiger partial charge in [-0.1, -0.05) is 18.2 Å². The molecule has 0 spiro atoms. The quantitative estimate of drug-likeness (QED) is 0.721. The van der Waals surface area contributed by atoms with Gasteiger partial charge in [0, 0.05) is 35.6 Å². The summed E-state index contributed by atoms with van der Waals surface area (Å²) in [6, 6.07) is 12.7. The normalized spacial score (nSPS) is 10.8. The SMILES string of the molecule is CCOc1ccccc1CN(CC)C(=O)c1cc(=O)[nH]c2ccc(F)cc12. The van der Waals surface area contributed by atoms with Crippen LogP contribution in [0, 0.1) is 5.82 Å². The Balaban J connectivity index is 2.00. The molecule has 1 N–H and O–H groups in total. The van der Waals surface area contributed by atoms with Crippen LogP contribution < -0.4 is 10.3 Å². The summed E-state index contributed by atoms with van der Waals surface area (Å²) in [4.78, 5) is 29.3. The molecule has 5 nitrogen and oxygen atoms in total. The first-order valence-electron chi connectivity index (χ1n) is 8.86. The molecule has 0 radical (unpaired) electrons. The Morgan fingerprint density at radius 2 is 1.93 bits per heavy atom. The molecule has 2 aromatic carbocycles. The summed E-state index contributed by atoms with van der Waals surface area (Å²) in [6.45, 7) is 5.04. The number of para-hydroxylation sites is 1. The number of nitrogens with zero attached hydrogens (tertiary/aromatic N) is 1. The number of hydrogen-bond donors (Lipinski definition) is 1. The molecule has 6 heteroatoms. The van der Waals surface area contributed by atoms with Crippen molar-refractivity contribution in [2.24, 2.45) is 0 Å². The lowest BCUT2D eigenvalue weighted by molar-refractivity contribution is 0.0753. The average Bonchev–Trinajstić information content (AvgIpc) is 2.66. The minimum Gasteiger partial charge on any atom is -0.494 e. The van der Waals surface area contributed by atoms with Crippen LogP contribution in [-0.2, 0) is 6.54 Å². The predicted molar refractivity (Wildman–Crippen MR) is 103 cm³/mol. The average molecular weight is 368 g/mol. The molecule has 0 atom stereocenters. The van der Waals surface area contributed by atoms with E-state index in [0.717, 1.165) is 5.56 Å². The monoisotopic (exact) mass is 368 g/mol. The van der Waals surface area contributed by atoms with Crippen LogP contribution in [0.3, 0.4) is 0 Å². The fraction of sp³-hybridized carbons (Fsp3) is 0.238. The van der Waals surface area contributed by atoms with Crippen molar-refractivity contribution in [3.63, 3.8) is 0 Å². The van der Waals surface area contributed by atoms with E-state index in [1.165, 1.54) is 24.3 Å². The molecule has 0 saturated carbocycles. The van der Waals surface area contributed by atoms with Gasteiger partial charge in [-0.05, 0) is 38.1 Å². The molecule has 0 aliphatic rings. The maximum atomic E-state index is 13.7. The molecule has 1 aromatic heterocycles. The van der Waals surface area contributed by atoms with Gasteiger partial charge in [0.2, 0.25) is 5.56 Å². The van der Waals surface area contributed by atoms with E-state index in [2.05, 4.69) is 4.98 Å². The van der Waals surface area contributed by atoms with Gasteiger partial charge in [0.05, 0.1) is 12.2 Å². The molecular formula is C21H21FN2O3. The van der Waals surface area contributed by atoms with Gasteiger partial charge in [0.1, 0.15) is 11.6 Å². The summed E-state index contributed by atoms with van der Waals surface area (Å²) in [7, 11) is 0. The first-order valence-corrected chi connectivity index (χ1v) is 8.86. The van der Waals surface area contributed by atoms with Crippen LogP contribution in [0.5, 0.6) is 5.75 Å². The van der Waals surface area contributed by atoms with Crippen LogP contribution in [0.4, 0.5) is 4.39 Å². The van der Waals surface area contributed by atoms with E-state index in [4.69, 9.17) is 4.74 Å². The number of pyridine rings is 1. The molecule has 1 amide bonds. The van der Waals surface area contributed by atoms with Crippen molar-refractivity contribution in [1.82, 2.24) is 9.88 Å². The number of nitrogens with one attached hydrogen (secondary N) is 1. The second kappa shape index (κ2) is 8.03. The number of H-pyrrole nitrogens is 1. The van der Waals surface area contributed by atoms with Gasteiger partial charge in [-0.3, -0.25) is 9.59 Å². The van der Waals surface area contributed by atoms with Gasteiger partial charge in [-0.2, -0.15) is 0 Å². The molecule has 0 aliphatic carbocycles. The zero-order valence-corrected chi connectivity index (χ0v) is 15.3. The van der Waals surface area contributed by atoms with Crippen LogP contribution in [0.1, 0.15) is 29.8 Å². The van der Waals surface area contributed by atoms with Crippen LogP contribution in [0.15, 0.2) is 53.3 Å². The smallest absolute Gasteiger partial charge is 0.255 e. The van der Waals surface area contributed by atoms with Crippen molar-refractivity contribution in [2.75, 3.05) is 13.2 Å². The minimum absolute atomic E-state index is 0.184. The molecule has 0 aliphatic heterocycles. The maximum absolute atomic E-state index is 13.7. The first-order chi connectivity index (χ1) is 13.0. The van der Waals surface area contributed by atoms with E-state index in [1.807, 2.05) is 38.1 Å². The lowest BCUT2D eigenvalue weighted by Gasteiger charge is -2.23. The topological polar surface area (TPSA) is 62.4 Å². The standard InChI is InChI=1S/C21H21FN2O3/c1-3-24(13-14-7-5-6-8-19(14)27-4-2)21(26)17-12-20(25)23-18-10-9-15(22)11-16(17)18/h5-12H,3-4,13H2,1-2H3,(H,23,25). The Labute approximate surface area is 156 Å². The number of carbonyl (C=O) groups excluding carboxylic acids is 1. The highest BCUT2D eigenvalue weighted by Gasteiger charge is 2.20. The second-order valence-electron chi connectivity index (χ2n) is 6.10. The molecular weight excluding hydrogens is 347 g/mol. The summed E-state index contributed by atoms with van der Waals surface area (Å²) in [5, 5.41) is 0.385. The van der Waals surface area contributed by atoms with Crippen LogP contribution in [0.2, 0.25) is 0 Å². The molecule has 0 bridgehead atoms. The predicted octanol–water partition coefficient (Wildman–Crippen LogP) is 3.73. The second-order valence-corrected chi connectivity index (χ2v) is 6.10. The molecule has 1 heterocycles. The van der Waals surface area contributed by atoms with E-state index < -0.39 is 11.4 Å². The summed E-state index contributed by atoms with van der Waals surface area (Å²) in [5.74, 6) is -0.0769. The number of amides is 1. The number of benzene rings is 2. The number of hydrogen-bond acceptors (Lipinski definition) is 3. The summed E-state index contributed by atoms with van der Waals surface area (Å²) in [6.07, 6.45) is 0. The third-order valence-electron chi connectivity index (χ3n) is 4.34. The number of fused-ring (bicyclic) bond motifs is 1. The zero-order valence-electron chi connectivity index (χ0n) is 15.3. The van der Waals surface area contributed by atoms with E-state index in [9.17, 15) is 14.0 Å². The van der Waals surface area contributed by atoms with Crippen LogP contribution in [-0.4, -0.2) is 28.9 Å². The Morgan fingerprint density at radius 1 is 1.15 bits per heavy atom.